The van der Waals surface area contributed by atoms with Gasteiger partial charge in [-0.05, 0) is 13.0 Å². The van der Waals surface area contributed by atoms with Crippen LogP contribution >= 0.6 is 12.4 Å². The van der Waals surface area contributed by atoms with Gasteiger partial charge < -0.3 is 15.1 Å². The van der Waals surface area contributed by atoms with E-state index in [1.165, 1.54) is 11.2 Å². The second kappa shape index (κ2) is 7.85. The van der Waals surface area contributed by atoms with Gasteiger partial charge in [0.05, 0.1) is 6.26 Å². The van der Waals surface area contributed by atoms with Gasteiger partial charge in [-0.2, -0.15) is 13.2 Å². The molecule has 0 spiro atoms. The molecule has 9 heteroatoms. The summed E-state index contributed by atoms with van der Waals surface area (Å²) in [6, 6.07) is -0.0919. The molecule has 0 bridgehead atoms. The van der Waals surface area contributed by atoms with E-state index in [1.807, 2.05) is 0 Å². The Hall–Kier alpha value is -1.25. The number of carbonyl (C=O) groups is 1. The lowest BCUT2D eigenvalue weighted by atomic mass is 10.2. The van der Waals surface area contributed by atoms with E-state index in [1.54, 1.807) is 13.0 Å². The van der Waals surface area contributed by atoms with Crippen LogP contribution in [-0.4, -0.2) is 55.7 Å². The van der Waals surface area contributed by atoms with E-state index in [2.05, 4.69) is 10.6 Å². The van der Waals surface area contributed by atoms with Crippen LogP contribution in [0.15, 0.2) is 16.7 Å². The SMILES string of the molecule is Cc1ccoc1C(=O)NCC(N1CCNCC1)C(F)(F)F.Cl. The highest BCUT2D eigenvalue weighted by Crippen LogP contribution is 2.25. The van der Waals surface area contributed by atoms with Crippen molar-refractivity contribution in [2.75, 3.05) is 32.7 Å². The smallest absolute Gasteiger partial charge is 0.405 e. The Kier molecular flexibility index (Phi) is 6.70. The van der Waals surface area contributed by atoms with Crippen molar-refractivity contribution in [2.24, 2.45) is 0 Å². The van der Waals surface area contributed by atoms with Crippen molar-refractivity contribution in [3.05, 3.63) is 23.7 Å². The topological polar surface area (TPSA) is 57.5 Å². The van der Waals surface area contributed by atoms with Gasteiger partial charge in [0.1, 0.15) is 6.04 Å². The largest absolute Gasteiger partial charge is 0.459 e. The molecule has 22 heavy (non-hydrogen) atoms. The van der Waals surface area contributed by atoms with Crippen molar-refractivity contribution in [2.45, 2.75) is 19.1 Å². The Balaban J connectivity index is 0.00000242. The first-order valence-electron chi connectivity index (χ1n) is 6.73. The van der Waals surface area contributed by atoms with Crippen molar-refractivity contribution in [1.82, 2.24) is 15.5 Å². The van der Waals surface area contributed by atoms with Gasteiger partial charge in [-0.1, -0.05) is 0 Å². The highest BCUT2D eigenvalue weighted by atomic mass is 35.5. The van der Waals surface area contributed by atoms with Gasteiger partial charge in [0.2, 0.25) is 0 Å². The molecule has 126 valence electrons. The normalized spacial score (nSPS) is 17.6. The van der Waals surface area contributed by atoms with Crippen LogP contribution < -0.4 is 10.6 Å². The predicted octanol–water partition coefficient (Wildman–Crippen LogP) is 1.58. The minimum atomic E-state index is -4.39. The quantitative estimate of drug-likeness (QED) is 0.873. The molecular weight excluding hydrogens is 323 g/mol. The third-order valence-electron chi connectivity index (χ3n) is 3.49. The van der Waals surface area contributed by atoms with E-state index in [4.69, 9.17) is 4.42 Å². The number of carbonyl (C=O) groups excluding carboxylic acids is 1. The summed E-state index contributed by atoms with van der Waals surface area (Å²) in [4.78, 5) is 13.2. The van der Waals surface area contributed by atoms with Crippen LogP contribution in [0.1, 0.15) is 16.1 Å². The maximum absolute atomic E-state index is 13.1. The lowest BCUT2D eigenvalue weighted by Gasteiger charge is -2.35. The van der Waals surface area contributed by atoms with Crippen LogP contribution in [0.5, 0.6) is 0 Å². The van der Waals surface area contributed by atoms with Gasteiger partial charge in [0, 0.05) is 38.3 Å². The second-order valence-corrected chi connectivity index (χ2v) is 4.99. The number of nitrogens with one attached hydrogen (secondary N) is 2. The molecule has 0 aromatic carbocycles. The number of halogens is 4. The maximum Gasteiger partial charge on any atom is 0.405 e. The summed E-state index contributed by atoms with van der Waals surface area (Å²) >= 11 is 0. The minimum Gasteiger partial charge on any atom is -0.459 e. The molecule has 1 aromatic heterocycles. The molecule has 0 radical (unpaired) electrons. The first-order chi connectivity index (χ1) is 9.89. The zero-order valence-electron chi connectivity index (χ0n) is 12.1. The Morgan fingerprint density at radius 1 is 1.45 bits per heavy atom. The Labute approximate surface area is 132 Å². The predicted molar refractivity (Wildman–Crippen MR) is 77.3 cm³/mol. The van der Waals surface area contributed by atoms with Crippen LogP contribution in [0, 0.1) is 6.92 Å². The number of hydrogen-bond acceptors (Lipinski definition) is 4. The fourth-order valence-electron chi connectivity index (χ4n) is 2.32. The molecule has 1 atom stereocenters. The lowest BCUT2D eigenvalue weighted by molar-refractivity contribution is -0.183. The molecule has 2 rings (SSSR count). The molecule has 2 heterocycles. The molecule has 1 saturated heterocycles. The third kappa shape index (κ3) is 4.62. The van der Waals surface area contributed by atoms with Gasteiger partial charge in [0.15, 0.2) is 5.76 Å². The zero-order valence-corrected chi connectivity index (χ0v) is 12.9. The fourth-order valence-corrected chi connectivity index (χ4v) is 2.32. The average Bonchev–Trinajstić information content (AvgIpc) is 2.85. The van der Waals surface area contributed by atoms with E-state index in [9.17, 15) is 18.0 Å². The van der Waals surface area contributed by atoms with Gasteiger partial charge in [0.25, 0.3) is 5.91 Å². The first kappa shape index (κ1) is 18.8. The van der Waals surface area contributed by atoms with Crippen molar-refractivity contribution < 1.29 is 22.4 Å². The number of amides is 1. The first-order valence-corrected chi connectivity index (χ1v) is 6.73. The number of furan rings is 1. The summed E-state index contributed by atoms with van der Waals surface area (Å²) < 4.78 is 44.4. The Morgan fingerprint density at radius 2 is 2.09 bits per heavy atom. The van der Waals surface area contributed by atoms with E-state index >= 15 is 0 Å². The third-order valence-corrected chi connectivity index (χ3v) is 3.49. The van der Waals surface area contributed by atoms with Crippen LogP contribution in [0.25, 0.3) is 0 Å². The number of rotatable bonds is 4. The van der Waals surface area contributed by atoms with Gasteiger partial charge in [-0.15, -0.1) is 12.4 Å². The summed E-state index contributed by atoms with van der Waals surface area (Å²) in [5.74, 6) is -0.571. The van der Waals surface area contributed by atoms with Crippen molar-refractivity contribution in [1.29, 1.82) is 0 Å². The summed E-state index contributed by atoms with van der Waals surface area (Å²) in [6.45, 7) is 2.81. The molecule has 1 aliphatic rings. The van der Waals surface area contributed by atoms with Crippen molar-refractivity contribution >= 4 is 18.3 Å². The summed E-state index contributed by atoms with van der Waals surface area (Å²) in [5, 5.41) is 5.32. The lowest BCUT2D eigenvalue weighted by Crippen LogP contribution is -2.57. The van der Waals surface area contributed by atoms with Crippen LogP contribution in [0.2, 0.25) is 0 Å². The number of aryl methyl sites for hydroxylation is 1. The summed E-state index contributed by atoms with van der Waals surface area (Å²) in [7, 11) is 0. The van der Waals surface area contributed by atoms with E-state index in [0.717, 1.165) is 0 Å². The number of hydrogen-bond donors (Lipinski definition) is 2. The Bertz CT molecular complexity index is 487. The molecule has 0 saturated carbocycles. The highest BCUT2D eigenvalue weighted by Gasteiger charge is 2.43. The van der Waals surface area contributed by atoms with Crippen LogP contribution in [-0.2, 0) is 0 Å². The standard InChI is InChI=1S/C13H18F3N3O2.ClH/c1-9-2-7-21-11(9)12(20)18-8-10(13(14,15)16)19-5-3-17-4-6-19;/h2,7,10,17H,3-6,8H2,1H3,(H,18,20);1H. The van der Waals surface area contributed by atoms with Crippen LogP contribution in [0.4, 0.5) is 13.2 Å². The van der Waals surface area contributed by atoms with E-state index < -0.39 is 24.7 Å². The molecule has 1 unspecified atom stereocenters. The molecule has 1 amide bonds. The number of piperazine rings is 1. The molecule has 2 N–H and O–H groups in total. The minimum absolute atomic E-state index is 0. The second-order valence-electron chi connectivity index (χ2n) is 4.99. The highest BCUT2D eigenvalue weighted by molar-refractivity contribution is 5.92. The number of nitrogens with zero attached hydrogens (tertiary/aromatic N) is 1. The Morgan fingerprint density at radius 3 is 2.59 bits per heavy atom. The summed E-state index contributed by atoms with van der Waals surface area (Å²) in [5.41, 5.74) is 0.596. The number of alkyl halides is 3. The fraction of sp³-hybridized carbons (Fsp3) is 0.615. The van der Waals surface area contributed by atoms with Crippen LogP contribution in [0.3, 0.4) is 0 Å². The summed E-state index contributed by atoms with van der Waals surface area (Å²) in [6.07, 6.45) is -3.05. The van der Waals surface area contributed by atoms with E-state index in [-0.39, 0.29) is 18.2 Å². The maximum atomic E-state index is 13.1. The molecule has 1 aromatic rings. The molecule has 0 aliphatic carbocycles. The zero-order chi connectivity index (χ0) is 15.5. The molecule has 1 aliphatic heterocycles. The van der Waals surface area contributed by atoms with Gasteiger partial charge in [-0.25, -0.2) is 0 Å². The van der Waals surface area contributed by atoms with Gasteiger partial charge in [-0.3, -0.25) is 9.69 Å². The van der Waals surface area contributed by atoms with Crippen molar-refractivity contribution in [3.8, 4) is 0 Å². The van der Waals surface area contributed by atoms with Crippen molar-refractivity contribution in [3.63, 3.8) is 0 Å². The molecule has 5 nitrogen and oxygen atoms in total. The van der Waals surface area contributed by atoms with E-state index in [0.29, 0.717) is 31.7 Å². The monoisotopic (exact) mass is 341 g/mol. The van der Waals surface area contributed by atoms with Gasteiger partial charge >= 0.3 is 6.18 Å². The molecular formula is C13H19ClF3N3O2. The average molecular weight is 342 g/mol. The molecule has 1 fully saturated rings.